The summed E-state index contributed by atoms with van der Waals surface area (Å²) in [6.07, 6.45) is 1.15. The molecule has 0 aliphatic carbocycles. The van der Waals surface area contributed by atoms with Gasteiger partial charge in [-0.1, -0.05) is 6.07 Å². The number of benzene rings is 1. The Balaban J connectivity index is 1.79. The molecule has 2 heterocycles. The number of aryl methyl sites for hydroxylation is 1. The van der Waals surface area contributed by atoms with Gasteiger partial charge in [-0.15, -0.1) is 11.3 Å². The van der Waals surface area contributed by atoms with Crippen molar-refractivity contribution >= 4 is 33.3 Å². The fourth-order valence-electron chi connectivity index (χ4n) is 2.91. The average molecular weight is 335 g/mol. The number of nitrogens with zero attached hydrogens (tertiary/aromatic N) is 1. The van der Waals surface area contributed by atoms with E-state index in [-0.39, 0.29) is 11.7 Å². The zero-order valence-electron chi connectivity index (χ0n) is 13.1. The number of rotatable bonds is 3. The molecule has 4 nitrogen and oxygen atoms in total. The summed E-state index contributed by atoms with van der Waals surface area (Å²) in [5.74, 6) is -1.08. The van der Waals surface area contributed by atoms with Gasteiger partial charge in [0.2, 0.25) is 0 Å². The molecule has 1 aliphatic rings. The molecule has 122 valence electrons. The Labute approximate surface area is 137 Å². The number of carbonyl (C=O) groups is 2. The summed E-state index contributed by atoms with van der Waals surface area (Å²) in [6, 6.07) is 4.75. The van der Waals surface area contributed by atoms with Crippen LogP contribution in [0, 0.1) is 12.7 Å². The molecule has 1 fully saturated rings. The lowest BCUT2D eigenvalue weighted by Gasteiger charge is -2.20. The summed E-state index contributed by atoms with van der Waals surface area (Å²) in [4.78, 5) is 26.7. The van der Waals surface area contributed by atoms with E-state index in [0.29, 0.717) is 33.6 Å². The van der Waals surface area contributed by atoms with Crippen LogP contribution in [0.15, 0.2) is 18.2 Å². The number of esters is 1. The van der Waals surface area contributed by atoms with E-state index in [2.05, 4.69) is 0 Å². The molecule has 1 aliphatic heterocycles. The monoisotopic (exact) mass is 335 g/mol. The second-order valence-electron chi connectivity index (χ2n) is 5.75. The molecule has 1 saturated heterocycles. The van der Waals surface area contributed by atoms with Gasteiger partial charge in [-0.3, -0.25) is 4.79 Å². The summed E-state index contributed by atoms with van der Waals surface area (Å²) in [7, 11) is 0. The van der Waals surface area contributed by atoms with E-state index in [9.17, 15) is 14.0 Å². The molecule has 0 unspecified atom stereocenters. The highest BCUT2D eigenvalue weighted by Gasteiger charge is 2.28. The summed E-state index contributed by atoms with van der Waals surface area (Å²) in [5, 5.41) is 0.447. The Morgan fingerprint density at radius 1 is 1.30 bits per heavy atom. The maximum absolute atomic E-state index is 13.9. The molecular weight excluding hydrogens is 317 g/mol. The fourth-order valence-corrected chi connectivity index (χ4v) is 4.01. The third kappa shape index (κ3) is 2.95. The number of fused-ring (bicyclic) bond motifs is 1. The van der Waals surface area contributed by atoms with Crippen LogP contribution in [0.2, 0.25) is 0 Å². The normalized spacial score (nSPS) is 15.9. The smallest absolute Gasteiger partial charge is 0.349 e. The van der Waals surface area contributed by atoms with Crippen LogP contribution in [0.3, 0.4) is 0 Å². The van der Waals surface area contributed by atoms with Crippen molar-refractivity contribution in [3.63, 3.8) is 0 Å². The van der Waals surface area contributed by atoms with Gasteiger partial charge in [0.25, 0.3) is 5.91 Å². The van der Waals surface area contributed by atoms with Gasteiger partial charge < -0.3 is 9.64 Å². The molecule has 0 saturated carbocycles. The maximum Gasteiger partial charge on any atom is 0.349 e. The molecule has 3 rings (SSSR count). The molecule has 1 atom stereocenters. The predicted molar refractivity (Wildman–Crippen MR) is 87.2 cm³/mol. The summed E-state index contributed by atoms with van der Waals surface area (Å²) in [5.41, 5.74) is 0.564. The molecular formula is C17H18FNO3S. The highest BCUT2D eigenvalue weighted by Crippen LogP contribution is 2.33. The van der Waals surface area contributed by atoms with Gasteiger partial charge >= 0.3 is 5.97 Å². The molecule has 2 aromatic rings. The van der Waals surface area contributed by atoms with E-state index in [1.54, 1.807) is 30.9 Å². The van der Waals surface area contributed by atoms with Crippen LogP contribution in [0.4, 0.5) is 4.39 Å². The van der Waals surface area contributed by atoms with E-state index < -0.39 is 12.1 Å². The van der Waals surface area contributed by atoms with Crippen LogP contribution < -0.4 is 0 Å². The molecule has 1 aromatic heterocycles. The average Bonchev–Trinajstić information content (AvgIpc) is 3.15. The van der Waals surface area contributed by atoms with Crippen molar-refractivity contribution in [1.29, 1.82) is 0 Å². The second kappa shape index (κ2) is 6.28. The number of hydrogen-bond acceptors (Lipinski definition) is 4. The number of likely N-dealkylation sites (tertiary alicyclic amines) is 1. The summed E-state index contributed by atoms with van der Waals surface area (Å²) in [6.45, 7) is 4.72. The van der Waals surface area contributed by atoms with Crippen molar-refractivity contribution in [3.8, 4) is 0 Å². The Bertz CT molecular complexity index is 765. The highest BCUT2D eigenvalue weighted by atomic mass is 32.1. The number of thiophene rings is 1. The first-order chi connectivity index (χ1) is 11.0. The molecule has 1 aromatic carbocycles. The number of ether oxygens (including phenoxy) is 1. The van der Waals surface area contributed by atoms with E-state index in [1.165, 1.54) is 17.4 Å². The molecule has 0 spiro atoms. The zero-order chi connectivity index (χ0) is 16.6. The molecule has 0 N–H and O–H groups in total. The van der Waals surface area contributed by atoms with Crippen LogP contribution in [0.5, 0.6) is 0 Å². The van der Waals surface area contributed by atoms with Gasteiger partial charge in [-0.25, -0.2) is 9.18 Å². The van der Waals surface area contributed by atoms with Crippen LogP contribution in [0.25, 0.3) is 10.1 Å². The SMILES string of the molecule is Cc1c(C(=O)O[C@@H](C)C(=O)N2CCCC2)sc2cccc(F)c12. The predicted octanol–water partition coefficient (Wildman–Crippen LogP) is 3.52. The van der Waals surface area contributed by atoms with E-state index in [1.807, 2.05) is 0 Å². The van der Waals surface area contributed by atoms with Crippen molar-refractivity contribution < 1.29 is 18.7 Å². The van der Waals surface area contributed by atoms with Gasteiger partial charge in [0, 0.05) is 23.2 Å². The lowest BCUT2D eigenvalue weighted by molar-refractivity contribution is -0.138. The molecule has 6 heteroatoms. The topological polar surface area (TPSA) is 46.6 Å². The molecule has 1 amide bonds. The third-order valence-electron chi connectivity index (χ3n) is 4.14. The Hall–Kier alpha value is -1.95. The largest absolute Gasteiger partial charge is 0.448 e. The Kier molecular flexibility index (Phi) is 4.35. The highest BCUT2D eigenvalue weighted by molar-refractivity contribution is 7.21. The van der Waals surface area contributed by atoms with Crippen molar-refractivity contribution in [3.05, 3.63) is 34.5 Å². The first-order valence-electron chi connectivity index (χ1n) is 7.66. The van der Waals surface area contributed by atoms with Gasteiger partial charge in [0.1, 0.15) is 10.7 Å². The Morgan fingerprint density at radius 2 is 2.00 bits per heavy atom. The first-order valence-corrected chi connectivity index (χ1v) is 8.48. The van der Waals surface area contributed by atoms with Crippen molar-refractivity contribution in [1.82, 2.24) is 4.90 Å². The van der Waals surface area contributed by atoms with Gasteiger partial charge in [-0.2, -0.15) is 0 Å². The minimum Gasteiger partial charge on any atom is -0.448 e. The van der Waals surface area contributed by atoms with Gasteiger partial charge in [-0.05, 0) is 44.4 Å². The van der Waals surface area contributed by atoms with Crippen LogP contribution in [0.1, 0.15) is 35.0 Å². The van der Waals surface area contributed by atoms with Crippen molar-refractivity contribution in [2.75, 3.05) is 13.1 Å². The third-order valence-corrected chi connectivity index (χ3v) is 5.37. The summed E-state index contributed by atoms with van der Waals surface area (Å²) < 4.78 is 19.9. The lowest BCUT2D eigenvalue weighted by Crippen LogP contribution is -2.38. The van der Waals surface area contributed by atoms with E-state index >= 15 is 0 Å². The molecule has 0 radical (unpaired) electrons. The number of halogens is 1. The second-order valence-corrected chi connectivity index (χ2v) is 6.80. The minimum atomic E-state index is -0.824. The van der Waals surface area contributed by atoms with E-state index in [4.69, 9.17) is 4.74 Å². The van der Waals surface area contributed by atoms with Gasteiger partial charge in [0.05, 0.1) is 0 Å². The Morgan fingerprint density at radius 3 is 2.65 bits per heavy atom. The van der Waals surface area contributed by atoms with Gasteiger partial charge in [0.15, 0.2) is 6.10 Å². The van der Waals surface area contributed by atoms with Crippen LogP contribution in [-0.4, -0.2) is 36.0 Å². The minimum absolute atomic E-state index is 0.166. The maximum atomic E-state index is 13.9. The quantitative estimate of drug-likeness (QED) is 0.806. The van der Waals surface area contributed by atoms with Crippen LogP contribution in [-0.2, 0) is 9.53 Å². The first kappa shape index (κ1) is 15.9. The van der Waals surface area contributed by atoms with Crippen molar-refractivity contribution in [2.45, 2.75) is 32.8 Å². The molecule has 0 bridgehead atoms. The van der Waals surface area contributed by atoms with E-state index in [0.717, 1.165) is 12.8 Å². The number of carbonyl (C=O) groups excluding carboxylic acids is 2. The number of hydrogen-bond donors (Lipinski definition) is 0. The number of amides is 1. The molecule has 23 heavy (non-hydrogen) atoms. The fraction of sp³-hybridized carbons (Fsp3) is 0.412. The van der Waals surface area contributed by atoms with Crippen LogP contribution >= 0.6 is 11.3 Å². The van der Waals surface area contributed by atoms with Crippen molar-refractivity contribution in [2.24, 2.45) is 0 Å². The lowest BCUT2D eigenvalue weighted by atomic mass is 10.1. The standard InChI is InChI=1S/C17H18FNO3S/c1-10-14-12(18)6-5-7-13(14)23-15(10)17(21)22-11(2)16(20)19-8-3-4-9-19/h5-7,11H,3-4,8-9H2,1-2H3/t11-/m0/s1. The summed E-state index contributed by atoms with van der Waals surface area (Å²) >= 11 is 1.19. The zero-order valence-corrected chi connectivity index (χ0v) is 13.9.